The summed E-state index contributed by atoms with van der Waals surface area (Å²) in [4.78, 5) is 33.3. The van der Waals surface area contributed by atoms with Gasteiger partial charge in [0.1, 0.15) is 5.75 Å². The van der Waals surface area contributed by atoms with Crippen molar-refractivity contribution in [2.45, 2.75) is 26.4 Å². The van der Waals surface area contributed by atoms with Crippen molar-refractivity contribution in [1.82, 2.24) is 0 Å². The Hall–Kier alpha value is -2.64. The summed E-state index contributed by atoms with van der Waals surface area (Å²) in [6.07, 6.45) is -1.47. The molecule has 0 aliphatic carbocycles. The van der Waals surface area contributed by atoms with Gasteiger partial charge in [0.25, 0.3) is 5.69 Å². The van der Waals surface area contributed by atoms with Gasteiger partial charge in [-0.2, -0.15) is 0 Å². The molecule has 1 aromatic carbocycles. The highest BCUT2D eigenvalue weighted by Crippen LogP contribution is 2.19. The SMILES string of the molecule is CCOC(=O)CC(Oc1ccc([N+](=O)[O-])cc1)C(=O)OCC. The van der Waals surface area contributed by atoms with Crippen molar-refractivity contribution in [3.8, 4) is 5.75 Å². The highest BCUT2D eigenvalue weighted by Gasteiger charge is 2.26. The van der Waals surface area contributed by atoms with Crippen molar-refractivity contribution in [3.63, 3.8) is 0 Å². The number of rotatable bonds is 8. The summed E-state index contributed by atoms with van der Waals surface area (Å²) in [6.45, 7) is 3.60. The monoisotopic (exact) mass is 311 g/mol. The predicted octanol–water partition coefficient (Wildman–Crippen LogP) is 1.86. The molecule has 0 aromatic heterocycles. The van der Waals surface area contributed by atoms with Crippen molar-refractivity contribution in [3.05, 3.63) is 34.4 Å². The molecule has 0 N–H and O–H groups in total. The lowest BCUT2D eigenvalue weighted by atomic mass is 10.2. The highest BCUT2D eigenvalue weighted by atomic mass is 16.6. The van der Waals surface area contributed by atoms with E-state index in [-0.39, 0.29) is 31.1 Å². The zero-order valence-corrected chi connectivity index (χ0v) is 12.3. The predicted molar refractivity (Wildman–Crippen MR) is 75.4 cm³/mol. The number of esters is 2. The van der Waals surface area contributed by atoms with E-state index in [1.165, 1.54) is 24.3 Å². The van der Waals surface area contributed by atoms with Crippen molar-refractivity contribution < 1.29 is 28.7 Å². The minimum Gasteiger partial charge on any atom is -0.478 e. The van der Waals surface area contributed by atoms with E-state index in [9.17, 15) is 19.7 Å². The number of ether oxygens (including phenoxy) is 3. The molecular weight excluding hydrogens is 294 g/mol. The quantitative estimate of drug-likeness (QED) is 0.410. The topological polar surface area (TPSA) is 105 Å². The van der Waals surface area contributed by atoms with E-state index in [2.05, 4.69) is 0 Å². The molecule has 0 saturated heterocycles. The van der Waals surface area contributed by atoms with Crippen LogP contribution in [0.2, 0.25) is 0 Å². The van der Waals surface area contributed by atoms with E-state index < -0.39 is 23.0 Å². The first-order chi connectivity index (χ1) is 10.5. The van der Waals surface area contributed by atoms with Crippen LogP contribution in [0.1, 0.15) is 20.3 Å². The molecule has 0 aliphatic heterocycles. The number of hydrogen-bond donors (Lipinski definition) is 0. The summed E-state index contributed by atoms with van der Waals surface area (Å²) in [5, 5.41) is 10.6. The van der Waals surface area contributed by atoms with Crippen molar-refractivity contribution in [2.75, 3.05) is 13.2 Å². The van der Waals surface area contributed by atoms with E-state index in [0.717, 1.165) is 0 Å². The second-order valence-corrected chi connectivity index (χ2v) is 4.12. The lowest BCUT2D eigenvalue weighted by molar-refractivity contribution is -0.384. The van der Waals surface area contributed by atoms with Crippen molar-refractivity contribution in [1.29, 1.82) is 0 Å². The number of hydrogen-bond acceptors (Lipinski definition) is 7. The molecule has 0 heterocycles. The minimum absolute atomic E-state index is 0.106. The van der Waals surface area contributed by atoms with Crippen LogP contribution in [-0.2, 0) is 19.1 Å². The molecule has 22 heavy (non-hydrogen) atoms. The molecule has 0 spiro atoms. The van der Waals surface area contributed by atoms with Gasteiger partial charge in [0.15, 0.2) is 0 Å². The summed E-state index contributed by atoms with van der Waals surface area (Å²) in [6, 6.07) is 5.16. The minimum atomic E-state index is -1.17. The second kappa shape index (κ2) is 8.60. The van der Waals surface area contributed by atoms with Crippen LogP contribution in [0.5, 0.6) is 5.75 Å². The maximum absolute atomic E-state index is 11.8. The van der Waals surface area contributed by atoms with Gasteiger partial charge in [-0.05, 0) is 26.0 Å². The first-order valence-corrected chi connectivity index (χ1v) is 6.71. The second-order valence-electron chi connectivity index (χ2n) is 4.12. The Morgan fingerprint density at radius 2 is 1.73 bits per heavy atom. The summed E-state index contributed by atoms with van der Waals surface area (Å²) < 4.78 is 15.0. The van der Waals surface area contributed by atoms with Crippen LogP contribution in [-0.4, -0.2) is 36.2 Å². The van der Waals surface area contributed by atoms with Crippen LogP contribution >= 0.6 is 0 Å². The fourth-order valence-corrected chi connectivity index (χ4v) is 1.59. The van der Waals surface area contributed by atoms with Gasteiger partial charge in [0.2, 0.25) is 6.10 Å². The lowest BCUT2D eigenvalue weighted by Gasteiger charge is -2.16. The number of nitrogens with zero attached hydrogens (tertiary/aromatic N) is 1. The Morgan fingerprint density at radius 1 is 1.14 bits per heavy atom. The Bertz CT molecular complexity index is 526. The van der Waals surface area contributed by atoms with Gasteiger partial charge in [-0.1, -0.05) is 0 Å². The highest BCUT2D eigenvalue weighted by molar-refractivity contribution is 5.82. The van der Waals surface area contributed by atoms with E-state index in [0.29, 0.717) is 0 Å². The third-order valence-corrected chi connectivity index (χ3v) is 2.53. The van der Waals surface area contributed by atoms with Crippen molar-refractivity contribution >= 4 is 17.6 Å². The average molecular weight is 311 g/mol. The average Bonchev–Trinajstić information content (AvgIpc) is 2.47. The Kier molecular flexibility index (Phi) is 6.81. The van der Waals surface area contributed by atoms with Gasteiger partial charge in [0.05, 0.1) is 24.6 Å². The first-order valence-electron chi connectivity index (χ1n) is 6.71. The number of carbonyl (C=O) groups excluding carboxylic acids is 2. The molecule has 1 rings (SSSR count). The summed E-state index contributed by atoms with van der Waals surface area (Å²) in [5.74, 6) is -1.08. The fraction of sp³-hybridized carbons (Fsp3) is 0.429. The molecular formula is C14H17NO7. The number of nitro benzene ring substituents is 1. The Labute approximate surface area is 127 Å². The summed E-state index contributed by atoms with van der Waals surface area (Å²) >= 11 is 0. The maximum Gasteiger partial charge on any atom is 0.347 e. The first kappa shape index (κ1) is 17.4. The number of benzene rings is 1. The van der Waals surface area contributed by atoms with E-state index in [4.69, 9.17) is 14.2 Å². The van der Waals surface area contributed by atoms with E-state index >= 15 is 0 Å². The number of carbonyl (C=O) groups is 2. The number of non-ortho nitro benzene ring substituents is 1. The van der Waals surface area contributed by atoms with Crippen LogP contribution in [0, 0.1) is 10.1 Å². The molecule has 0 amide bonds. The molecule has 8 heteroatoms. The van der Waals surface area contributed by atoms with Gasteiger partial charge in [-0.25, -0.2) is 4.79 Å². The van der Waals surface area contributed by atoms with Crippen LogP contribution in [0.25, 0.3) is 0 Å². The summed E-state index contributed by atoms with van der Waals surface area (Å²) in [7, 11) is 0. The molecule has 1 atom stereocenters. The van der Waals surface area contributed by atoms with Crippen LogP contribution in [0.4, 0.5) is 5.69 Å². The number of nitro groups is 1. The molecule has 8 nitrogen and oxygen atoms in total. The lowest BCUT2D eigenvalue weighted by Crippen LogP contribution is -2.32. The van der Waals surface area contributed by atoms with Gasteiger partial charge < -0.3 is 14.2 Å². The molecule has 0 bridgehead atoms. The summed E-state index contributed by atoms with van der Waals surface area (Å²) in [5.41, 5.74) is -0.106. The molecule has 1 aromatic rings. The molecule has 0 saturated carbocycles. The standard InChI is InChI=1S/C14H17NO7/c1-3-20-13(16)9-12(14(17)21-4-2)22-11-7-5-10(6-8-11)15(18)19/h5-8,12H,3-4,9H2,1-2H3. The normalized spacial score (nSPS) is 11.4. The largest absolute Gasteiger partial charge is 0.478 e. The van der Waals surface area contributed by atoms with Gasteiger partial charge >= 0.3 is 11.9 Å². The fourth-order valence-electron chi connectivity index (χ4n) is 1.59. The van der Waals surface area contributed by atoms with E-state index in [1.54, 1.807) is 13.8 Å². The molecule has 1 unspecified atom stereocenters. The van der Waals surface area contributed by atoms with Crippen LogP contribution < -0.4 is 4.74 Å². The van der Waals surface area contributed by atoms with E-state index in [1.807, 2.05) is 0 Å². The Balaban J connectivity index is 2.80. The van der Waals surface area contributed by atoms with Crippen molar-refractivity contribution in [2.24, 2.45) is 0 Å². The van der Waals surface area contributed by atoms with Gasteiger partial charge in [-0.15, -0.1) is 0 Å². The Morgan fingerprint density at radius 3 is 2.23 bits per heavy atom. The zero-order chi connectivity index (χ0) is 16.5. The van der Waals surface area contributed by atoms with Crippen LogP contribution in [0.15, 0.2) is 24.3 Å². The molecule has 0 aliphatic rings. The molecule has 120 valence electrons. The molecule has 0 fully saturated rings. The maximum atomic E-state index is 11.8. The zero-order valence-electron chi connectivity index (χ0n) is 12.3. The van der Waals surface area contributed by atoms with Gasteiger partial charge in [0, 0.05) is 12.1 Å². The van der Waals surface area contributed by atoms with Crippen LogP contribution in [0.3, 0.4) is 0 Å². The smallest absolute Gasteiger partial charge is 0.347 e. The third kappa shape index (κ3) is 5.39. The van der Waals surface area contributed by atoms with Gasteiger partial charge in [-0.3, -0.25) is 14.9 Å². The third-order valence-electron chi connectivity index (χ3n) is 2.53. The molecule has 0 radical (unpaired) electrons.